The zero-order valence-corrected chi connectivity index (χ0v) is 14.6. The molecule has 0 saturated carbocycles. The molecule has 1 amide bonds. The standard InChI is InChI=1S/C17H22N4O4/c1-20(2)11-19-14-8-16(15(24-3)7-12(14)9-18)25-10-13-5-4-6-21(13)17(22)23/h7-8,11,13H,4-6,10H2,1-3H3,(H,22,23)/t13-/m1/s1. The first kappa shape index (κ1) is 18.4. The minimum Gasteiger partial charge on any atom is -0.493 e. The van der Waals surface area contributed by atoms with Crippen LogP contribution in [0.4, 0.5) is 10.5 Å². The summed E-state index contributed by atoms with van der Waals surface area (Å²) in [5.74, 6) is 0.852. The van der Waals surface area contributed by atoms with Crippen molar-refractivity contribution in [3.8, 4) is 17.6 Å². The molecule has 25 heavy (non-hydrogen) atoms. The minimum absolute atomic E-state index is 0.188. The van der Waals surface area contributed by atoms with E-state index in [1.54, 1.807) is 23.4 Å². The molecule has 1 atom stereocenters. The van der Waals surface area contributed by atoms with Gasteiger partial charge in [0.1, 0.15) is 12.7 Å². The number of carbonyl (C=O) groups is 1. The number of carboxylic acid groups (broad SMARTS) is 1. The molecule has 1 aromatic carbocycles. The lowest BCUT2D eigenvalue weighted by Crippen LogP contribution is -2.38. The van der Waals surface area contributed by atoms with Crippen LogP contribution in [0.15, 0.2) is 17.1 Å². The Morgan fingerprint density at radius 3 is 2.88 bits per heavy atom. The van der Waals surface area contributed by atoms with Crippen LogP contribution in [0, 0.1) is 11.3 Å². The Morgan fingerprint density at radius 2 is 2.28 bits per heavy atom. The van der Waals surface area contributed by atoms with Gasteiger partial charge in [-0.3, -0.25) is 0 Å². The molecule has 0 radical (unpaired) electrons. The van der Waals surface area contributed by atoms with Gasteiger partial charge < -0.3 is 24.4 Å². The van der Waals surface area contributed by atoms with Crippen LogP contribution in [0.3, 0.4) is 0 Å². The topological polar surface area (TPSA) is 98.4 Å². The molecule has 1 fully saturated rings. The Labute approximate surface area is 146 Å². The fraction of sp³-hybridized carbons (Fsp3) is 0.471. The Morgan fingerprint density at radius 1 is 1.52 bits per heavy atom. The number of hydrogen-bond acceptors (Lipinski definition) is 5. The first-order valence-corrected chi connectivity index (χ1v) is 7.91. The number of aliphatic imine (C=N–C) groups is 1. The van der Waals surface area contributed by atoms with Crippen LogP contribution in [-0.2, 0) is 0 Å². The molecule has 0 aromatic heterocycles. The zero-order chi connectivity index (χ0) is 18.4. The van der Waals surface area contributed by atoms with Gasteiger partial charge in [-0.2, -0.15) is 5.26 Å². The molecule has 0 unspecified atom stereocenters. The van der Waals surface area contributed by atoms with Gasteiger partial charge in [-0.05, 0) is 12.8 Å². The first-order valence-electron chi connectivity index (χ1n) is 7.91. The second-order valence-electron chi connectivity index (χ2n) is 5.92. The van der Waals surface area contributed by atoms with Crippen molar-refractivity contribution in [1.29, 1.82) is 5.26 Å². The Kier molecular flexibility index (Phi) is 6.06. The van der Waals surface area contributed by atoms with Crippen LogP contribution in [0.2, 0.25) is 0 Å². The molecule has 1 aliphatic heterocycles. The van der Waals surface area contributed by atoms with Gasteiger partial charge in [0.25, 0.3) is 0 Å². The molecule has 1 N–H and O–H groups in total. The number of methoxy groups -OCH3 is 1. The van der Waals surface area contributed by atoms with Crippen molar-refractivity contribution < 1.29 is 19.4 Å². The average molecular weight is 346 g/mol. The van der Waals surface area contributed by atoms with Crippen LogP contribution in [0.1, 0.15) is 18.4 Å². The molecule has 1 saturated heterocycles. The Balaban J connectivity index is 2.22. The summed E-state index contributed by atoms with van der Waals surface area (Å²) in [6, 6.07) is 5.11. The second kappa shape index (κ2) is 8.24. The minimum atomic E-state index is -0.936. The fourth-order valence-corrected chi connectivity index (χ4v) is 2.64. The van der Waals surface area contributed by atoms with E-state index in [4.69, 9.17) is 9.47 Å². The molecule has 8 heteroatoms. The van der Waals surface area contributed by atoms with Crippen LogP contribution < -0.4 is 9.47 Å². The third-order valence-corrected chi connectivity index (χ3v) is 3.88. The van der Waals surface area contributed by atoms with Gasteiger partial charge in [-0.15, -0.1) is 0 Å². The number of nitrogens with zero attached hydrogens (tertiary/aromatic N) is 4. The number of amides is 1. The molecule has 2 rings (SSSR count). The summed E-state index contributed by atoms with van der Waals surface area (Å²) in [5, 5.41) is 18.5. The van der Waals surface area contributed by atoms with Gasteiger partial charge in [0.15, 0.2) is 11.5 Å². The molecule has 1 aliphatic rings. The van der Waals surface area contributed by atoms with Crippen LogP contribution in [-0.4, -0.2) is 67.7 Å². The van der Waals surface area contributed by atoms with E-state index >= 15 is 0 Å². The summed E-state index contributed by atoms with van der Waals surface area (Å²) >= 11 is 0. The van der Waals surface area contributed by atoms with E-state index in [0.29, 0.717) is 29.3 Å². The molecular weight excluding hydrogens is 324 g/mol. The van der Waals surface area contributed by atoms with Crippen molar-refractivity contribution in [1.82, 2.24) is 9.80 Å². The molecule has 0 aliphatic carbocycles. The molecular formula is C17H22N4O4. The quantitative estimate of drug-likeness (QED) is 0.627. The van der Waals surface area contributed by atoms with Crippen molar-refractivity contribution in [2.75, 3.05) is 34.4 Å². The Bertz CT molecular complexity index is 697. The lowest BCUT2D eigenvalue weighted by atomic mass is 10.1. The Hall–Kier alpha value is -2.95. The molecule has 1 heterocycles. The maximum atomic E-state index is 11.2. The number of benzene rings is 1. The van der Waals surface area contributed by atoms with Gasteiger partial charge in [0.05, 0.1) is 30.7 Å². The van der Waals surface area contributed by atoms with Crippen LogP contribution in [0.5, 0.6) is 11.5 Å². The lowest BCUT2D eigenvalue weighted by Gasteiger charge is -2.22. The third-order valence-electron chi connectivity index (χ3n) is 3.88. The van der Waals surface area contributed by atoms with Gasteiger partial charge in [-0.1, -0.05) is 0 Å². The summed E-state index contributed by atoms with van der Waals surface area (Å²) in [6.45, 7) is 0.748. The summed E-state index contributed by atoms with van der Waals surface area (Å²) in [6.07, 6.45) is 2.24. The zero-order valence-electron chi connectivity index (χ0n) is 14.6. The summed E-state index contributed by atoms with van der Waals surface area (Å²) < 4.78 is 11.1. The molecule has 0 spiro atoms. The predicted molar refractivity (Wildman–Crippen MR) is 92.8 cm³/mol. The van der Waals surface area contributed by atoms with Gasteiger partial charge in [-0.25, -0.2) is 9.79 Å². The van der Waals surface area contributed by atoms with Crippen molar-refractivity contribution in [3.63, 3.8) is 0 Å². The van der Waals surface area contributed by atoms with E-state index in [2.05, 4.69) is 11.1 Å². The highest BCUT2D eigenvalue weighted by molar-refractivity contribution is 5.68. The SMILES string of the molecule is COc1cc(C#N)c(N=CN(C)C)cc1OC[C@H]1CCCN1C(=O)O. The highest BCUT2D eigenvalue weighted by Crippen LogP contribution is 2.35. The highest BCUT2D eigenvalue weighted by Gasteiger charge is 2.29. The molecule has 1 aromatic rings. The third kappa shape index (κ3) is 4.53. The second-order valence-corrected chi connectivity index (χ2v) is 5.92. The molecule has 0 bridgehead atoms. The summed E-state index contributed by atoms with van der Waals surface area (Å²) in [7, 11) is 5.15. The van der Waals surface area contributed by atoms with E-state index in [1.807, 2.05) is 14.1 Å². The van der Waals surface area contributed by atoms with Gasteiger partial charge in [0, 0.05) is 32.8 Å². The lowest BCUT2D eigenvalue weighted by molar-refractivity contribution is 0.122. The van der Waals surface area contributed by atoms with Crippen molar-refractivity contribution in [3.05, 3.63) is 17.7 Å². The maximum absolute atomic E-state index is 11.2. The monoisotopic (exact) mass is 346 g/mol. The van der Waals surface area contributed by atoms with E-state index in [1.165, 1.54) is 12.0 Å². The normalized spacial score (nSPS) is 16.7. The van der Waals surface area contributed by atoms with Crippen LogP contribution >= 0.6 is 0 Å². The summed E-state index contributed by atoms with van der Waals surface area (Å²) in [4.78, 5) is 18.6. The molecule has 134 valence electrons. The highest BCUT2D eigenvalue weighted by atomic mass is 16.5. The van der Waals surface area contributed by atoms with E-state index in [0.717, 1.165) is 12.8 Å². The number of nitriles is 1. The number of rotatable bonds is 6. The number of likely N-dealkylation sites (tertiary alicyclic amines) is 1. The van der Waals surface area contributed by atoms with Crippen molar-refractivity contribution in [2.24, 2.45) is 4.99 Å². The smallest absolute Gasteiger partial charge is 0.407 e. The van der Waals surface area contributed by atoms with E-state index in [-0.39, 0.29) is 12.6 Å². The van der Waals surface area contributed by atoms with Crippen LogP contribution in [0.25, 0.3) is 0 Å². The van der Waals surface area contributed by atoms with Crippen molar-refractivity contribution in [2.45, 2.75) is 18.9 Å². The maximum Gasteiger partial charge on any atom is 0.407 e. The number of hydrogen-bond donors (Lipinski definition) is 1. The van der Waals surface area contributed by atoms with E-state index < -0.39 is 6.09 Å². The largest absolute Gasteiger partial charge is 0.493 e. The predicted octanol–water partition coefficient (Wildman–Crippen LogP) is 2.31. The fourth-order valence-electron chi connectivity index (χ4n) is 2.64. The van der Waals surface area contributed by atoms with Gasteiger partial charge in [0.2, 0.25) is 0 Å². The average Bonchev–Trinajstić information content (AvgIpc) is 3.06. The summed E-state index contributed by atoms with van der Waals surface area (Å²) in [5.41, 5.74) is 0.837. The first-order chi connectivity index (χ1) is 12.0. The van der Waals surface area contributed by atoms with Crippen molar-refractivity contribution >= 4 is 18.1 Å². The van der Waals surface area contributed by atoms with E-state index in [9.17, 15) is 15.2 Å². The molecule has 8 nitrogen and oxygen atoms in total. The number of ether oxygens (including phenoxy) is 2. The van der Waals surface area contributed by atoms with Gasteiger partial charge >= 0.3 is 6.09 Å².